The summed E-state index contributed by atoms with van der Waals surface area (Å²) in [5.41, 5.74) is 6.27. The maximum Gasteiger partial charge on any atom is 0.231 e. The second kappa shape index (κ2) is 5.21. The fraction of sp³-hybridized carbons (Fsp3) is 0.611. The summed E-state index contributed by atoms with van der Waals surface area (Å²) < 4.78 is 12.8. The highest BCUT2D eigenvalue weighted by molar-refractivity contribution is 5.76. The van der Waals surface area contributed by atoms with E-state index in [1.54, 1.807) is 0 Å². The van der Waals surface area contributed by atoms with Gasteiger partial charge in [0.1, 0.15) is 11.4 Å². The van der Waals surface area contributed by atoms with Crippen LogP contribution < -0.4 is 10.5 Å². The Kier molecular flexibility index (Phi) is 3.39. The van der Waals surface area contributed by atoms with Gasteiger partial charge < -0.3 is 15.2 Å². The number of carbonyl (C=O) groups excluding carboxylic acids is 1. The molecule has 0 radical (unpaired) electrons. The van der Waals surface area contributed by atoms with E-state index in [0.29, 0.717) is 6.54 Å². The zero-order valence-electron chi connectivity index (χ0n) is 13.7. The van der Waals surface area contributed by atoms with E-state index < -0.39 is 0 Å². The minimum absolute atomic E-state index is 0.0738. The van der Waals surface area contributed by atoms with Gasteiger partial charge in [0.15, 0.2) is 0 Å². The van der Waals surface area contributed by atoms with Crippen molar-refractivity contribution in [2.24, 2.45) is 11.7 Å². The van der Waals surface area contributed by atoms with Crippen LogP contribution in [0.2, 0.25) is 0 Å². The predicted molar refractivity (Wildman–Crippen MR) is 86.0 cm³/mol. The summed E-state index contributed by atoms with van der Waals surface area (Å²) in [5.74, 6) is 0.939. The fourth-order valence-corrected chi connectivity index (χ4v) is 4.52. The van der Waals surface area contributed by atoms with Crippen molar-refractivity contribution in [1.82, 2.24) is 4.90 Å². The Bertz CT molecular complexity index is 630. The molecule has 124 valence electrons. The molecule has 0 bridgehead atoms. The Morgan fingerprint density at radius 2 is 2.17 bits per heavy atom. The van der Waals surface area contributed by atoms with Gasteiger partial charge in [0, 0.05) is 24.1 Å². The van der Waals surface area contributed by atoms with Gasteiger partial charge in [-0.15, -0.1) is 0 Å². The number of para-hydroxylation sites is 1. The molecule has 5 nitrogen and oxygen atoms in total. The molecule has 3 aliphatic heterocycles. The number of likely N-dealkylation sites (tertiary alicyclic amines) is 1. The number of primary amides is 1. The number of rotatable bonds is 2. The van der Waals surface area contributed by atoms with E-state index in [9.17, 15) is 4.79 Å². The molecule has 3 aliphatic rings. The number of fused-ring (bicyclic) bond motifs is 4. The van der Waals surface area contributed by atoms with Crippen molar-refractivity contribution in [3.8, 4) is 5.75 Å². The van der Waals surface area contributed by atoms with E-state index in [1.807, 2.05) is 18.2 Å². The molecule has 0 unspecified atom stereocenters. The molecule has 1 aromatic carbocycles. The van der Waals surface area contributed by atoms with Crippen LogP contribution >= 0.6 is 0 Å². The molecule has 2 fully saturated rings. The van der Waals surface area contributed by atoms with Crippen LogP contribution in [-0.4, -0.2) is 41.6 Å². The third-order valence-electron chi connectivity index (χ3n) is 5.63. The first kappa shape index (κ1) is 15.0. The Balaban J connectivity index is 1.65. The van der Waals surface area contributed by atoms with Crippen LogP contribution in [0.15, 0.2) is 24.3 Å². The van der Waals surface area contributed by atoms with Gasteiger partial charge in [-0.05, 0) is 32.8 Å². The van der Waals surface area contributed by atoms with Gasteiger partial charge in [0.05, 0.1) is 18.8 Å². The van der Waals surface area contributed by atoms with Gasteiger partial charge in [0.25, 0.3) is 0 Å². The van der Waals surface area contributed by atoms with E-state index in [-0.39, 0.29) is 35.7 Å². The number of hydrogen-bond acceptors (Lipinski definition) is 4. The number of ether oxygens (including phenoxy) is 2. The van der Waals surface area contributed by atoms with E-state index in [0.717, 1.165) is 30.7 Å². The normalized spacial score (nSPS) is 34.9. The lowest BCUT2D eigenvalue weighted by Crippen LogP contribution is -2.54. The number of benzene rings is 1. The van der Waals surface area contributed by atoms with Crippen LogP contribution in [-0.2, 0) is 9.53 Å². The maximum absolute atomic E-state index is 11.3. The highest BCUT2D eigenvalue weighted by Gasteiger charge is 2.52. The quantitative estimate of drug-likeness (QED) is 0.904. The first-order valence-corrected chi connectivity index (χ1v) is 8.41. The fourth-order valence-electron chi connectivity index (χ4n) is 4.52. The first-order chi connectivity index (χ1) is 11.0. The Hall–Kier alpha value is -1.59. The van der Waals surface area contributed by atoms with E-state index >= 15 is 0 Å². The van der Waals surface area contributed by atoms with Crippen LogP contribution in [0, 0.1) is 5.92 Å². The molecule has 2 N–H and O–H groups in total. The van der Waals surface area contributed by atoms with Gasteiger partial charge in [-0.1, -0.05) is 18.2 Å². The van der Waals surface area contributed by atoms with Gasteiger partial charge in [-0.25, -0.2) is 0 Å². The average molecular weight is 316 g/mol. The van der Waals surface area contributed by atoms with Crippen LogP contribution in [0.5, 0.6) is 5.75 Å². The Morgan fingerprint density at radius 3 is 2.96 bits per heavy atom. The van der Waals surface area contributed by atoms with Crippen molar-refractivity contribution >= 4 is 5.91 Å². The molecule has 1 aromatic rings. The third-order valence-corrected chi connectivity index (χ3v) is 5.63. The van der Waals surface area contributed by atoms with Gasteiger partial charge in [0.2, 0.25) is 5.91 Å². The first-order valence-electron chi connectivity index (χ1n) is 8.41. The number of nitrogens with zero attached hydrogens (tertiary/aromatic N) is 1. The number of hydrogen-bond donors (Lipinski definition) is 1. The Labute approximate surface area is 136 Å². The van der Waals surface area contributed by atoms with E-state index in [4.69, 9.17) is 15.2 Å². The summed E-state index contributed by atoms with van der Waals surface area (Å²) in [5, 5.41) is 0. The highest BCUT2D eigenvalue weighted by atomic mass is 16.5. The molecule has 0 saturated carbocycles. The molecule has 4 rings (SSSR count). The SMILES string of the molecule is CC1(C)Oc2ccccc2[C@@H]2O[C@@H]3CCN(CC(N)=O)[C@H]3C[C@H]21. The van der Waals surface area contributed by atoms with Crippen LogP contribution in [0.25, 0.3) is 0 Å². The zero-order valence-corrected chi connectivity index (χ0v) is 13.7. The largest absolute Gasteiger partial charge is 0.487 e. The standard InChI is InChI=1S/C18H24N2O3/c1-18(2)12-9-13-15(7-8-20(13)10-16(19)21)22-17(12)11-5-3-4-6-14(11)23-18/h3-6,12-13,15,17H,7-10H2,1-2H3,(H2,19,21)/t12-,13+,15-,17+/m1/s1. The maximum atomic E-state index is 11.3. The summed E-state index contributed by atoms with van der Waals surface area (Å²) in [6.07, 6.45) is 2.19. The Morgan fingerprint density at radius 1 is 1.39 bits per heavy atom. The summed E-state index contributed by atoms with van der Waals surface area (Å²) in [6, 6.07) is 8.44. The van der Waals surface area contributed by atoms with Crippen LogP contribution in [0.3, 0.4) is 0 Å². The topological polar surface area (TPSA) is 64.8 Å². The summed E-state index contributed by atoms with van der Waals surface area (Å²) in [4.78, 5) is 13.5. The lowest BCUT2D eigenvalue weighted by atomic mass is 9.74. The zero-order chi connectivity index (χ0) is 16.2. The lowest BCUT2D eigenvalue weighted by Gasteiger charge is -2.50. The lowest BCUT2D eigenvalue weighted by molar-refractivity contribution is -0.162. The average Bonchev–Trinajstić information content (AvgIpc) is 2.87. The highest BCUT2D eigenvalue weighted by Crippen LogP contribution is 2.52. The number of amides is 1. The molecule has 1 amide bonds. The molecule has 3 heterocycles. The van der Waals surface area contributed by atoms with Gasteiger partial charge in [-0.2, -0.15) is 0 Å². The monoisotopic (exact) mass is 316 g/mol. The van der Waals surface area contributed by atoms with E-state index in [2.05, 4.69) is 24.8 Å². The van der Waals surface area contributed by atoms with E-state index in [1.165, 1.54) is 0 Å². The molecule has 23 heavy (non-hydrogen) atoms. The second-order valence-corrected chi connectivity index (χ2v) is 7.47. The molecule has 4 atom stereocenters. The van der Waals surface area contributed by atoms with Crippen molar-refractivity contribution in [2.45, 2.75) is 50.5 Å². The molecular weight excluding hydrogens is 292 g/mol. The van der Waals surface area contributed by atoms with Crippen LogP contribution in [0.1, 0.15) is 38.4 Å². The summed E-state index contributed by atoms with van der Waals surface area (Å²) >= 11 is 0. The smallest absolute Gasteiger partial charge is 0.231 e. The predicted octanol–water partition coefficient (Wildman–Crippen LogP) is 1.86. The molecular formula is C18H24N2O3. The van der Waals surface area contributed by atoms with Crippen molar-refractivity contribution in [3.05, 3.63) is 29.8 Å². The summed E-state index contributed by atoms with van der Waals surface area (Å²) in [6.45, 7) is 5.47. The molecule has 0 aromatic heterocycles. The van der Waals surface area contributed by atoms with Crippen molar-refractivity contribution < 1.29 is 14.3 Å². The molecule has 2 saturated heterocycles. The minimum atomic E-state index is -0.287. The van der Waals surface area contributed by atoms with Crippen molar-refractivity contribution in [3.63, 3.8) is 0 Å². The molecule has 0 aliphatic carbocycles. The number of carbonyl (C=O) groups is 1. The molecule has 0 spiro atoms. The third kappa shape index (κ3) is 2.42. The summed E-state index contributed by atoms with van der Waals surface area (Å²) in [7, 11) is 0. The minimum Gasteiger partial charge on any atom is -0.487 e. The molecule has 5 heteroatoms. The van der Waals surface area contributed by atoms with Gasteiger partial charge >= 0.3 is 0 Å². The second-order valence-electron chi connectivity index (χ2n) is 7.47. The number of nitrogens with two attached hydrogens (primary N) is 1. The van der Waals surface area contributed by atoms with Crippen molar-refractivity contribution in [1.29, 1.82) is 0 Å². The van der Waals surface area contributed by atoms with Gasteiger partial charge in [-0.3, -0.25) is 9.69 Å². The van der Waals surface area contributed by atoms with Crippen molar-refractivity contribution in [2.75, 3.05) is 13.1 Å². The van der Waals surface area contributed by atoms with Crippen LogP contribution in [0.4, 0.5) is 0 Å².